The van der Waals surface area contributed by atoms with E-state index in [2.05, 4.69) is 0 Å². The largest absolute Gasteiger partial charge is 0.480 e. The molecule has 92 valence electrons. The van der Waals surface area contributed by atoms with Gasteiger partial charge in [0.05, 0.1) is 6.10 Å². The molecule has 0 aromatic carbocycles. The van der Waals surface area contributed by atoms with Crippen LogP contribution >= 0.6 is 0 Å². The number of aliphatic carboxylic acids is 1. The standard InChI is InChI=1S/C10H16O6/c1-10(2)15-7(8(5-11)16-10)3-4-14-6-9(12)13/h5,7-8H,3-4,6H2,1-2H3,(H,12,13). The van der Waals surface area contributed by atoms with Crippen molar-refractivity contribution in [3.05, 3.63) is 0 Å². The highest BCUT2D eigenvalue weighted by atomic mass is 16.8. The fourth-order valence-electron chi connectivity index (χ4n) is 1.56. The number of carboxylic acids is 1. The lowest BCUT2D eigenvalue weighted by Gasteiger charge is -2.16. The van der Waals surface area contributed by atoms with Gasteiger partial charge in [0.1, 0.15) is 12.7 Å². The van der Waals surface area contributed by atoms with Gasteiger partial charge in [-0.05, 0) is 13.8 Å². The summed E-state index contributed by atoms with van der Waals surface area (Å²) in [4.78, 5) is 20.9. The topological polar surface area (TPSA) is 82.1 Å². The number of rotatable bonds is 6. The highest BCUT2D eigenvalue weighted by molar-refractivity contribution is 5.67. The van der Waals surface area contributed by atoms with Crippen molar-refractivity contribution in [2.75, 3.05) is 13.2 Å². The van der Waals surface area contributed by atoms with Gasteiger partial charge in [-0.25, -0.2) is 4.79 Å². The Morgan fingerprint density at radius 3 is 2.75 bits per heavy atom. The molecule has 16 heavy (non-hydrogen) atoms. The molecular formula is C10H16O6. The highest BCUT2D eigenvalue weighted by Crippen LogP contribution is 2.28. The van der Waals surface area contributed by atoms with Gasteiger partial charge in [-0.3, -0.25) is 0 Å². The molecule has 0 amide bonds. The molecule has 6 nitrogen and oxygen atoms in total. The Morgan fingerprint density at radius 1 is 1.50 bits per heavy atom. The molecule has 1 rings (SSSR count). The zero-order chi connectivity index (χ0) is 12.2. The summed E-state index contributed by atoms with van der Waals surface area (Å²) in [7, 11) is 0. The van der Waals surface area contributed by atoms with Crippen LogP contribution in [0.3, 0.4) is 0 Å². The molecule has 1 aliphatic heterocycles. The molecule has 1 fully saturated rings. The second-order valence-corrected chi connectivity index (χ2v) is 4.01. The third kappa shape index (κ3) is 3.88. The lowest BCUT2D eigenvalue weighted by Crippen LogP contribution is -2.25. The van der Waals surface area contributed by atoms with Gasteiger partial charge >= 0.3 is 5.97 Å². The predicted molar refractivity (Wildman–Crippen MR) is 53.0 cm³/mol. The van der Waals surface area contributed by atoms with Gasteiger partial charge in [0, 0.05) is 13.0 Å². The van der Waals surface area contributed by atoms with Crippen molar-refractivity contribution in [3.63, 3.8) is 0 Å². The highest BCUT2D eigenvalue weighted by Gasteiger charge is 2.40. The summed E-state index contributed by atoms with van der Waals surface area (Å²) in [6.45, 7) is 3.33. The predicted octanol–water partition coefficient (Wildman–Crippen LogP) is 0.197. The Balaban J connectivity index is 2.30. The molecule has 1 heterocycles. The molecule has 0 aromatic heterocycles. The number of hydrogen-bond donors (Lipinski definition) is 1. The Kier molecular flexibility index (Phi) is 4.40. The summed E-state index contributed by atoms with van der Waals surface area (Å²) >= 11 is 0. The van der Waals surface area contributed by atoms with Crippen molar-refractivity contribution >= 4 is 12.3 Å². The minimum atomic E-state index is -1.02. The van der Waals surface area contributed by atoms with Crippen LogP contribution in [0.25, 0.3) is 0 Å². The van der Waals surface area contributed by atoms with Crippen molar-refractivity contribution in [2.24, 2.45) is 0 Å². The van der Waals surface area contributed by atoms with E-state index >= 15 is 0 Å². The Labute approximate surface area is 93.5 Å². The first-order valence-corrected chi connectivity index (χ1v) is 5.05. The van der Waals surface area contributed by atoms with E-state index in [4.69, 9.17) is 19.3 Å². The van der Waals surface area contributed by atoms with Crippen LogP contribution in [-0.4, -0.2) is 48.6 Å². The van der Waals surface area contributed by atoms with Crippen LogP contribution < -0.4 is 0 Å². The quantitative estimate of drug-likeness (QED) is 0.520. The van der Waals surface area contributed by atoms with Gasteiger partial charge in [-0.15, -0.1) is 0 Å². The van der Waals surface area contributed by atoms with Crippen molar-refractivity contribution in [3.8, 4) is 0 Å². The molecule has 1 N–H and O–H groups in total. The van der Waals surface area contributed by atoms with Crippen LogP contribution in [0.4, 0.5) is 0 Å². The molecule has 0 saturated carbocycles. The van der Waals surface area contributed by atoms with Gasteiger partial charge in [-0.2, -0.15) is 0 Å². The first-order valence-electron chi connectivity index (χ1n) is 5.05. The minimum absolute atomic E-state index is 0.223. The SMILES string of the molecule is CC1(C)OC(C=O)C(CCOCC(=O)O)O1. The van der Waals surface area contributed by atoms with Crippen LogP contribution in [0.1, 0.15) is 20.3 Å². The fraction of sp³-hybridized carbons (Fsp3) is 0.800. The zero-order valence-electron chi connectivity index (χ0n) is 9.34. The average molecular weight is 232 g/mol. The average Bonchev–Trinajstić information content (AvgIpc) is 2.48. The molecule has 0 radical (unpaired) electrons. The first kappa shape index (κ1) is 13.1. The van der Waals surface area contributed by atoms with E-state index in [1.54, 1.807) is 13.8 Å². The van der Waals surface area contributed by atoms with Crippen molar-refractivity contribution in [2.45, 2.75) is 38.3 Å². The molecule has 1 saturated heterocycles. The smallest absolute Gasteiger partial charge is 0.329 e. The molecule has 0 aliphatic carbocycles. The number of carbonyl (C=O) groups is 2. The van der Waals surface area contributed by atoms with Gasteiger partial charge in [-0.1, -0.05) is 0 Å². The van der Waals surface area contributed by atoms with Crippen LogP contribution in [0.2, 0.25) is 0 Å². The van der Waals surface area contributed by atoms with Crippen LogP contribution in [0.15, 0.2) is 0 Å². The number of ether oxygens (including phenoxy) is 3. The van der Waals surface area contributed by atoms with E-state index in [1.165, 1.54) is 0 Å². The van der Waals surface area contributed by atoms with Crippen LogP contribution in [0, 0.1) is 0 Å². The first-order chi connectivity index (χ1) is 7.44. The van der Waals surface area contributed by atoms with Crippen molar-refractivity contribution in [1.29, 1.82) is 0 Å². The fourth-order valence-corrected chi connectivity index (χ4v) is 1.56. The third-order valence-electron chi connectivity index (χ3n) is 2.13. The molecule has 2 unspecified atom stereocenters. The van der Waals surface area contributed by atoms with Gasteiger partial charge in [0.25, 0.3) is 0 Å². The monoisotopic (exact) mass is 232 g/mol. The molecule has 0 aromatic rings. The normalized spacial score (nSPS) is 27.9. The van der Waals surface area contributed by atoms with E-state index in [0.29, 0.717) is 12.7 Å². The Morgan fingerprint density at radius 2 is 2.19 bits per heavy atom. The van der Waals surface area contributed by atoms with Crippen LogP contribution in [-0.2, 0) is 23.8 Å². The summed E-state index contributed by atoms with van der Waals surface area (Å²) in [6, 6.07) is 0. The lowest BCUT2D eigenvalue weighted by atomic mass is 10.2. The van der Waals surface area contributed by atoms with Crippen molar-refractivity contribution in [1.82, 2.24) is 0 Å². The van der Waals surface area contributed by atoms with E-state index in [1.807, 2.05) is 0 Å². The summed E-state index contributed by atoms with van der Waals surface area (Å²) in [6.07, 6.45) is 0.140. The lowest BCUT2D eigenvalue weighted by molar-refractivity contribution is -0.151. The molecule has 2 atom stereocenters. The number of carbonyl (C=O) groups excluding carboxylic acids is 1. The minimum Gasteiger partial charge on any atom is -0.480 e. The van der Waals surface area contributed by atoms with E-state index < -0.39 is 17.9 Å². The number of hydrogen-bond acceptors (Lipinski definition) is 5. The Hall–Kier alpha value is -0.980. The van der Waals surface area contributed by atoms with Gasteiger partial charge in [0.2, 0.25) is 0 Å². The maximum Gasteiger partial charge on any atom is 0.329 e. The Bertz CT molecular complexity index is 262. The molecule has 6 heteroatoms. The number of carboxylic acid groups (broad SMARTS) is 1. The maximum absolute atomic E-state index is 10.7. The van der Waals surface area contributed by atoms with Crippen molar-refractivity contribution < 1.29 is 28.9 Å². The number of aldehydes is 1. The summed E-state index contributed by atoms with van der Waals surface area (Å²) in [5, 5.41) is 8.35. The van der Waals surface area contributed by atoms with Gasteiger partial charge in [0.15, 0.2) is 12.1 Å². The van der Waals surface area contributed by atoms with E-state index in [-0.39, 0.29) is 19.3 Å². The molecular weight excluding hydrogens is 216 g/mol. The van der Waals surface area contributed by atoms with E-state index in [9.17, 15) is 9.59 Å². The summed E-state index contributed by atoms with van der Waals surface area (Å²) in [5.74, 6) is -1.79. The summed E-state index contributed by atoms with van der Waals surface area (Å²) in [5.41, 5.74) is 0. The second kappa shape index (κ2) is 5.38. The van der Waals surface area contributed by atoms with E-state index in [0.717, 1.165) is 0 Å². The molecule has 0 spiro atoms. The van der Waals surface area contributed by atoms with Crippen LogP contribution in [0.5, 0.6) is 0 Å². The second-order valence-electron chi connectivity index (χ2n) is 4.01. The zero-order valence-corrected chi connectivity index (χ0v) is 9.34. The third-order valence-corrected chi connectivity index (χ3v) is 2.13. The molecule has 1 aliphatic rings. The molecule has 0 bridgehead atoms. The maximum atomic E-state index is 10.7. The summed E-state index contributed by atoms with van der Waals surface area (Å²) < 4.78 is 15.7. The van der Waals surface area contributed by atoms with Gasteiger partial charge < -0.3 is 24.1 Å².